The summed E-state index contributed by atoms with van der Waals surface area (Å²) in [5.41, 5.74) is 6.71. The van der Waals surface area contributed by atoms with Crippen LogP contribution in [0.2, 0.25) is 5.02 Å². The second kappa shape index (κ2) is 6.51. The average molecular weight is 398 g/mol. The van der Waals surface area contributed by atoms with Gasteiger partial charge >= 0.3 is 0 Å². The molecule has 1 amide bonds. The second-order valence-electron chi connectivity index (χ2n) is 6.35. The Kier molecular flexibility index (Phi) is 4.28. The van der Waals surface area contributed by atoms with Crippen LogP contribution in [0, 0.1) is 26.2 Å². The number of fused-ring (bicyclic) bond motifs is 1. The standard InChI is InChI=1S/C19H16ClN5OS/c1-10-4-5-14(20)8-16(10)24-11(2)6-13(12(24)3)7-15-17(21)25-19(23-18(15)26)27-9-22-25/h4-9,21H,1-3H3/b15-7+,21-17?. The molecule has 2 aliphatic heterocycles. The van der Waals surface area contributed by atoms with Gasteiger partial charge in [-0.1, -0.05) is 17.7 Å². The summed E-state index contributed by atoms with van der Waals surface area (Å²) in [4.78, 5) is 16.4. The number of hydrogen-bond acceptors (Lipinski definition) is 4. The van der Waals surface area contributed by atoms with Crippen LogP contribution >= 0.6 is 23.4 Å². The number of nitrogens with one attached hydrogen (secondary N) is 1. The molecule has 0 unspecified atom stereocenters. The summed E-state index contributed by atoms with van der Waals surface area (Å²) in [5.74, 6) is -0.386. The molecule has 0 saturated heterocycles. The van der Waals surface area contributed by atoms with E-state index in [0.29, 0.717) is 10.2 Å². The number of aromatic nitrogens is 1. The molecule has 8 heteroatoms. The van der Waals surface area contributed by atoms with E-state index in [0.717, 1.165) is 28.2 Å². The van der Waals surface area contributed by atoms with E-state index >= 15 is 0 Å². The van der Waals surface area contributed by atoms with Crippen LogP contribution in [0.1, 0.15) is 22.5 Å². The number of aryl methyl sites for hydroxylation is 2. The number of amidine groups is 2. The average Bonchev–Trinajstić information content (AvgIpc) is 3.19. The number of nitrogens with zero attached hydrogens (tertiary/aromatic N) is 4. The Labute approximate surface area is 165 Å². The van der Waals surface area contributed by atoms with Crippen molar-refractivity contribution in [3.05, 3.63) is 57.4 Å². The van der Waals surface area contributed by atoms with E-state index in [1.165, 1.54) is 16.8 Å². The Bertz CT molecular complexity index is 1100. The van der Waals surface area contributed by atoms with Gasteiger partial charge in [-0.15, -0.1) is 0 Å². The fourth-order valence-electron chi connectivity index (χ4n) is 3.22. The van der Waals surface area contributed by atoms with Crippen molar-refractivity contribution >= 4 is 51.9 Å². The van der Waals surface area contributed by atoms with E-state index in [4.69, 9.17) is 17.0 Å². The van der Waals surface area contributed by atoms with Gasteiger partial charge in [0.2, 0.25) is 0 Å². The van der Waals surface area contributed by atoms with Gasteiger partial charge in [0.25, 0.3) is 5.91 Å². The summed E-state index contributed by atoms with van der Waals surface area (Å²) >= 11 is 7.42. The molecule has 27 heavy (non-hydrogen) atoms. The minimum absolute atomic E-state index is 0.0370. The number of benzene rings is 1. The first-order chi connectivity index (χ1) is 12.9. The normalized spacial score (nSPS) is 17.7. The van der Waals surface area contributed by atoms with Crippen LogP contribution < -0.4 is 0 Å². The second-order valence-corrected chi connectivity index (χ2v) is 7.60. The third kappa shape index (κ3) is 2.93. The van der Waals surface area contributed by atoms with Gasteiger partial charge in [-0.2, -0.15) is 15.1 Å². The summed E-state index contributed by atoms with van der Waals surface area (Å²) < 4.78 is 2.10. The maximum absolute atomic E-state index is 12.4. The van der Waals surface area contributed by atoms with Crippen LogP contribution in [-0.2, 0) is 4.79 Å². The number of aliphatic imine (C=N–C) groups is 1. The number of rotatable bonds is 2. The molecule has 4 rings (SSSR count). The minimum atomic E-state index is -0.423. The van der Waals surface area contributed by atoms with E-state index in [-0.39, 0.29) is 11.4 Å². The van der Waals surface area contributed by atoms with E-state index in [1.807, 2.05) is 45.0 Å². The molecule has 0 radical (unpaired) electrons. The largest absolute Gasteiger partial charge is 0.318 e. The number of hydrogen-bond donors (Lipinski definition) is 1. The van der Waals surface area contributed by atoms with Gasteiger partial charge < -0.3 is 4.57 Å². The molecule has 0 atom stereocenters. The summed E-state index contributed by atoms with van der Waals surface area (Å²) in [6, 6.07) is 7.76. The third-order valence-electron chi connectivity index (χ3n) is 4.58. The number of amides is 1. The molecule has 0 spiro atoms. The van der Waals surface area contributed by atoms with E-state index in [1.54, 1.807) is 11.6 Å². The lowest BCUT2D eigenvalue weighted by molar-refractivity contribution is -0.114. The molecule has 1 N–H and O–H groups in total. The highest BCUT2D eigenvalue weighted by atomic mass is 35.5. The van der Waals surface area contributed by atoms with Gasteiger partial charge in [-0.3, -0.25) is 10.2 Å². The van der Waals surface area contributed by atoms with Crippen molar-refractivity contribution in [3.63, 3.8) is 0 Å². The lowest BCUT2D eigenvalue weighted by atomic mass is 10.1. The zero-order chi connectivity index (χ0) is 19.3. The topological polar surface area (TPSA) is 73.8 Å². The van der Waals surface area contributed by atoms with Gasteiger partial charge in [0.05, 0.1) is 11.1 Å². The number of hydrazone groups is 1. The van der Waals surface area contributed by atoms with Gasteiger partial charge in [-0.05, 0) is 67.9 Å². The first-order valence-corrected chi connectivity index (χ1v) is 9.51. The van der Waals surface area contributed by atoms with Crippen LogP contribution in [-0.4, -0.2) is 32.0 Å². The summed E-state index contributed by atoms with van der Waals surface area (Å²) in [6.45, 7) is 6.01. The summed E-state index contributed by atoms with van der Waals surface area (Å²) in [7, 11) is 0. The zero-order valence-electron chi connectivity index (χ0n) is 14.9. The summed E-state index contributed by atoms with van der Waals surface area (Å²) in [5, 5.41) is 14.9. The van der Waals surface area contributed by atoms with Crippen molar-refractivity contribution in [2.75, 3.05) is 0 Å². The molecule has 136 valence electrons. The van der Waals surface area contributed by atoms with E-state index in [9.17, 15) is 4.79 Å². The van der Waals surface area contributed by atoms with Gasteiger partial charge in [0, 0.05) is 22.1 Å². The van der Waals surface area contributed by atoms with Gasteiger partial charge in [-0.25, -0.2) is 0 Å². The van der Waals surface area contributed by atoms with Crippen molar-refractivity contribution in [1.82, 2.24) is 9.58 Å². The van der Waals surface area contributed by atoms with Gasteiger partial charge in [0.15, 0.2) is 11.0 Å². The SMILES string of the molecule is Cc1ccc(Cl)cc1-n1c(C)cc(/C=C2\C(=N)N3N=CSC3=NC2=O)c1C. The Morgan fingerprint density at radius 2 is 2.00 bits per heavy atom. The number of thioether (sulfide) groups is 1. The molecule has 0 bridgehead atoms. The first-order valence-electron chi connectivity index (χ1n) is 8.25. The fourth-order valence-corrected chi connectivity index (χ4v) is 4.00. The molecule has 2 aromatic rings. The highest BCUT2D eigenvalue weighted by molar-refractivity contribution is 8.25. The van der Waals surface area contributed by atoms with Crippen molar-refractivity contribution in [1.29, 1.82) is 5.41 Å². The number of halogens is 1. The van der Waals surface area contributed by atoms with Crippen molar-refractivity contribution < 1.29 is 4.79 Å². The molecule has 1 aromatic heterocycles. The van der Waals surface area contributed by atoms with Crippen molar-refractivity contribution in [2.24, 2.45) is 10.1 Å². The maximum Gasteiger partial charge on any atom is 0.283 e. The summed E-state index contributed by atoms with van der Waals surface area (Å²) in [6.07, 6.45) is 1.71. The fraction of sp³-hybridized carbons (Fsp3) is 0.158. The lowest BCUT2D eigenvalue weighted by Crippen LogP contribution is -2.35. The molecule has 0 aliphatic carbocycles. The van der Waals surface area contributed by atoms with E-state index < -0.39 is 5.91 Å². The van der Waals surface area contributed by atoms with Crippen molar-refractivity contribution in [3.8, 4) is 5.69 Å². The smallest absolute Gasteiger partial charge is 0.283 e. The molecular formula is C19H16ClN5OS. The highest BCUT2D eigenvalue weighted by Crippen LogP contribution is 2.29. The molecule has 0 fully saturated rings. The van der Waals surface area contributed by atoms with Crippen LogP contribution in [0.3, 0.4) is 0 Å². The number of carbonyl (C=O) groups excluding carboxylic acids is 1. The van der Waals surface area contributed by atoms with Crippen LogP contribution in [0.5, 0.6) is 0 Å². The molecule has 2 aliphatic rings. The van der Waals surface area contributed by atoms with Crippen LogP contribution in [0.25, 0.3) is 11.8 Å². The van der Waals surface area contributed by atoms with Gasteiger partial charge in [0.1, 0.15) is 0 Å². The predicted octanol–water partition coefficient (Wildman–Crippen LogP) is 4.30. The Balaban J connectivity index is 1.82. The molecule has 1 aromatic carbocycles. The molecule has 3 heterocycles. The van der Waals surface area contributed by atoms with Crippen LogP contribution in [0.4, 0.5) is 0 Å². The van der Waals surface area contributed by atoms with E-state index in [2.05, 4.69) is 14.7 Å². The predicted molar refractivity (Wildman–Crippen MR) is 111 cm³/mol. The quantitative estimate of drug-likeness (QED) is 0.767. The number of carbonyl (C=O) groups is 1. The Hall–Kier alpha value is -2.64. The maximum atomic E-state index is 12.4. The first kappa shape index (κ1) is 17.8. The molecular weight excluding hydrogens is 382 g/mol. The molecule has 0 saturated carbocycles. The zero-order valence-corrected chi connectivity index (χ0v) is 16.5. The monoisotopic (exact) mass is 397 g/mol. The minimum Gasteiger partial charge on any atom is -0.318 e. The Morgan fingerprint density at radius 1 is 1.22 bits per heavy atom. The highest BCUT2D eigenvalue weighted by Gasteiger charge is 2.32. The van der Waals surface area contributed by atoms with Crippen LogP contribution in [0.15, 0.2) is 39.9 Å². The molecule has 6 nitrogen and oxygen atoms in total. The Morgan fingerprint density at radius 3 is 2.78 bits per heavy atom. The lowest BCUT2D eigenvalue weighted by Gasteiger charge is -2.20. The third-order valence-corrected chi connectivity index (χ3v) is 5.49. The van der Waals surface area contributed by atoms with Crippen molar-refractivity contribution in [2.45, 2.75) is 20.8 Å².